The summed E-state index contributed by atoms with van der Waals surface area (Å²) in [5.74, 6) is -0.603. The Morgan fingerprint density at radius 3 is 2.60 bits per heavy atom. The Balaban J connectivity index is 2.28. The van der Waals surface area contributed by atoms with E-state index >= 15 is 0 Å². The first-order valence-corrected chi connectivity index (χ1v) is 6.93. The van der Waals surface area contributed by atoms with Crippen LogP contribution in [0, 0.1) is 11.3 Å². The van der Waals surface area contributed by atoms with Crippen LogP contribution in [0.2, 0.25) is 0 Å². The van der Waals surface area contributed by atoms with Crippen molar-refractivity contribution in [3.05, 3.63) is 35.9 Å². The second-order valence-electron chi connectivity index (χ2n) is 5.70. The molecule has 1 aliphatic rings. The van der Waals surface area contributed by atoms with E-state index in [-0.39, 0.29) is 18.2 Å². The molecule has 0 aromatic heterocycles. The van der Waals surface area contributed by atoms with Gasteiger partial charge in [0, 0.05) is 0 Å². The van der Waals surface area contributed by atoms with Gasteiger partial charge in [-0.1, -0.05) is 30.3 Å². The Labute approximate surface area is 120 Å². The van der Waals surface area contributed by atoms with Gasteiger partial charge in [0.05, 0.1) is 24.8 Å². The van der Waals surface area contributed by atoms with Gasteiger partial charge >= 0.3 is 0 Å². The van der Waals surface area contributed by atoms with Gasteiger partial charge in [0.25, 0.3) is 0 Å². The summed E-state index contributed by atoms with van der Waals surface area (Å²) >= 11 is 0. The maximum absolute atomic E-state index is 9.12. The maximum atomic E-state index is 9.12. The van der Waals surface area contributed by atoms with Crippen molar-refractivity contribution >= 4 is 0 Å². The molecule has 0 bridgehead atoms. The second-order valence-corrected chi connectivity index (χ2v) is 5.70. The molecule has 1 aromatic rings. The fraction of sp³-hybridized carbons (Fsp3) is 0.562. The highest BCUT2D eigenvalue weighted by molar-refractivity contribution is 5.20. The van der Waals surface area contributed by atoms with Crippen LogP contribution in [0.25, 0.3) is 0 Å². The number of benzene rings is 1. The number of ether oxygens (including phenoxy) is 2. The molecule has 1 unspecified atom stereocenters. The number of nitriles is 1. The van der Waals surface area contributed by atoms with E-state index in [1.807, 2.05) is 50.9 Å². The minimum atomic E-state index is -0.603. The summed E-state index contributed by atoms with van der Waals surface area (Å²) in [6, 6.07) is 12.2. The Morgan fingerprint density at radius 2 is 2.00 bits per heavy atom. The third kappa shape index (κ3) is 3.18. The zero-order valence-electron chi connectivity index (χ0n) is 12.5. The van der Waals surface area contributed by atoms with Crippen LogP contribution < -0.4 is 0 Å². The highest BCUT2D eigenvalue weighted by Gasteiger charge is 2.40. The lowest BCUT2D eigenvalue weighted by Crippen LogP contribution is -2.52. The van der Waals surface area contributed by atoms with E-state index in [0.29, 0.717) is 6.61 Å². The Morgan fingerprint density at radius 1 is 1.35 bits per heavy atom. The maximum Gasteiger partial charge on any atom is 0.163 e. The first-order valence-electron chi connectivity index (χ1n) is 6.93. The van der Waals surface area contributed by atoms with Gasteiger partial charge in [0.15, 0.2) is 5.79 Å². The Hall–Kier alpha value is -1.41. The van der Waals surface area contributed by atoms with Crippen LogP contribution in [0.5, 0.6) is 0 Å². The molecule has 1 aromatic carbocycles. The minimum Gasteiger partial charge on any atom is -0.349 e. The molecule has 20 heavy (non-hydrogen) atoms. The number of rotatable bonds is 3. The highest BCUT2D eigenvalue weighted by Crippen LogP contribution is 2.35. The molecular formula is C16H22N2O2. The van der Waals surface area contributed by atoms with E-state index in [2.05, 4.69) is 18.2 Å². The summed E-state index contributed by atoms with van der Waals surface area (Å²) in [7, 11) is 1.94. The van der Waals surface area contributed by atoms with Crippen LogP contribution in [0.15, 0.2) is 30.3 Å². The third-order valence-corrected chi connectivity index (χ3v) is 3.81. The normalized spacial score (nSPS) is 27.0. The molecule has 0 N–H and O–H groups in total. The van der Waals surface area contributed by atoms with Crippen molar-refractivity contribution in [3.63, 3.8) is 0 Å². The van der Waals surface area contributed by atoms with Gasteiger partial charge in [-0.25, -0.2) is 0 Å². The summed E-state index contributed by atoms with van der Waals surface area (Å²) in [4.78, 5) is 2.02. The van der Waals surface area contributed by atoms with Crippen molar-refractivity contribution in [1.29, 1.82) is 5.26 Å². The van der Waals surface area contributed by atoms with Crippen LogP contribution >= 0.6 is 0 Å². The number of hydrogen-bond donors (Lipinski definition) is 0. The summed E-state index contributed by atoms with van der Waals surface area (Å²) in [5.41, 5.74) is 1.12. The minimum absolute atomic E-state index is 0.0278. The second kappa shape index (κ2) is 5.92. The molecule has 1 heterocycles. The zero-order chi connectivity index (χ0) is 14.8. The number of likely N-dealkylation sites (N-methyl/N-ethyl adjacent to an activating group) is 1. The van der Waals surface area contributed by atoms with Gasteiger partial charge in [0.1, 0.15) is 6.10 Å². The predicted octanol–water partition coefficient (Wildman–Crippen LogP) is 2.72. The standard InChI is InChI=1S/C16H22N2O2/c1-12(10-17)18(4)14-11-19-16(2,3)20-15(14)13-8-6-5-7-9-13/h5-9,12,14-15H,11H2,1-4H3/t12?,14-,15-/m0/s1. The number of hydrogen-bond acceptors (Lipinski definition) is 4. The monoisotopic (exact) mass is 274 g/mol. The van der Waals surface area contributed by atoms with Gasteiger partial charge in [0.2, 0.25) is 0 Å². The molecule has 1 aliphatic heterocycles. The Kier molecular flexibility index (Phi) is 4.44. The van der Waals surface area contributed by atoms with Gasteiger partial charge in [-0.15, -0.1) is 0 Å². The van der Waals surface area contributed by atoms with E-state index in [1.165, 1.54) is 0 Å². The van der Waals surface area contributed by atoms with Gasteiger partial charge in [-0.2, -0.15) is 5.26 Å². The van der Waals surface area contributed by atoms with E-state index in [4.69, 9.17) is 14.7 Å². The fourth-order valence-corrected chi connectivity index (χ4v) is 2.43. The van der Waals surface area contributed by atoms with Crippen LogP contribution in [-0.4, -0.2) is 36.4 Å². The summed E-state index contributed by atoms with van der Waals surface area (Å²) in [6.07, 6.45) is -0.0965. The largest absolute Gasteiger partial charge is 0.349 e. The van der Waals surface area contributed by atoms with Gasteiger partial charge < -0.3 is 9.47 Å². The van der Waals surface area contributed by atoms with Gasteiger partial charge in [-0.05, 0) is 33.4 Å². The average molecular weight is 274 g/mol. The van der Waals surface area contributed by atoms with Crippen molar-refractivity contribution in [2.75, 3.05) is 13.7 Å². The van der Waals surface area contributed by atoms with E-state index in [9.17, 15) is 0 Å². The molecular weight excluding hydrogens is 252 g/mol. The predicted molar refractivity (Wildman–Crippen MR) is 76.9 cm³/mol. The summed E-state index contributed by atoms with van der Waals surface area (Å²) in [5, 5.41) is 9.12. The molecule has 108 valence electrons. The molecule has 0 radical (unpaired) electrons. The first-order chi connectivity index (χ1) is 9.44. The molecule has 4 heteroatoms. The molecule has 0 aliphatic carbocycles. The SMILES string of the molecule is CC(C#N)N(C)[C@H]1COC(C)(C)O[C@H]1c1ccccc1. The summed E-state index contributed by atoms with van der Waals surface area (Å²) in [6.45, 7) is 6.29. The van der Waals surface area contributed by atoms with E-state index < -0.39 is 5.79 Å². The molecule has 3 atom stereocenters. The molecule has 4 nitrogen and oxygen atoms in total. The van der Waals surface area contributed by atoms with Crippen molar-refractivity contribution in [2.45, 2.75) is 44.7 Å². The highest BCUT2D eigenvalue weighted by atomic mass is 16.7. The molecule has 2 rings (SSSR count). The van der Waals surface area contributed by atoms with Crippen LogP contribution in [0.1, 0.15) is 32.4 Å². The van der Waals surface area contributed by atoms with Crippen molar-refractivity contribution in [1.82, 2.24) is 4.90 Å². The molecule has 1 saturated heterocycles. The molecule has 0 spiro atoms. The van der Waals surface area contributed by atoms with Crippen LogP contribution in [0.3, 0.4) is 0 Å². The van der Waals surface area contributed by atoms with E-state index in [0.717, 1.165) is 5.56 Å². The first kappa shape index (κ1) is 15.0. The van der Waals surface area contributed by atoms with Crippen LogP contribution in [-0.2, 0) is 9.47 Å². The van der Waals surface area contributed by atoms with Crippen molar-refractivity contribution in [2.24, 2.45) is 0 Å². The lowest BCUT2D eigenvalue weighted by atomic mass is 9.98. The molecule has 0 amide bonds. The lowest BCUT2D eigenvalue weighted by Gasteiger charge is -2.45. The van der Waals surface area contributed by atoms with E-state index in [1.54, 1.807) is 0 Å². The fourth-order valence-electron chi connectivity index (χ4n) is 2.43. The topological polar surface area (TPSA) is 45.5 Å². The third-order valence-electron chi connectivity index (χ3n) is 3.81. The molecule has 1 fully saturated rings. The lowest BCUT2D eigenvalue weighted by molar-refractivity contribution is -0.296. The zero-order valence-corrected chi connectivity index (χ0v) is 12.5. The molecule has 0 saturated carbocycles. The quantitative estimate of drug-likeness (QED) is 0.850. The smallest absolute Gasteiger partial charge is 0.163 e. The average Bonchev–Trinajstić information content (AvgIpc) is 2.45. The van der Waals surface area contributed by atoms with Crippen LogP contribution in [0.4, 0.5) is 0 Å². The Bertz CT molecular complexity index is 481. The number of nitrogens with zero attached hydrogens (tertiary/aromatic N) is 2. The summed E-state index contributed by atoms with van der Waals surface area (Å²) < 4.78 is 11.9. The van der Waals surface area contributed by atoms with Gasteiger partial charge in [-0.3, -0.25) is 4.90 Å². The van der Waals surface area contributed by atoms with Crippen molar-refractivity contribution < 1.29 is 9.47 Å². The van der Waals surface area contributed by atoms with Crippen molar-refractivity contribution in [3.8, 4) is 6.07 Å².